The van der Waals surface area contributed by atoms with Crippen LogP contribution in [0.25, 0.3) is 0 Å². The Kier molecular flexibility index (Phi) is 4.85. The Morgan fingerprint density at radius 1 is 1.10 bits per heavy atom. The molecule has 0 aliphatic heterocycles. The molecule has 2 aromatic rings. The molecule has 0 aromatic heterocycles. The zero-order valence-corrected chi connectivity index (χ0v) is 11.7. The number of nitrogens with zero attached hydrogens (tertiary/aromatic N) is 2. The smallest absolute Gasteiger partial charge is 0.295 e. The summed E-state index contributed by atoms with van der Waals surface area (Å²) in [5.41, 5.74) is 1.04. The predicted molar refractivity (Wildman–Crippen MR) is 77.9 cm³/mol. The van der Waals surface area contributed by atoms with Gasteiger partial charge in [0.2, 0.25) is 0 Å². The van der Waals surface area contributed by atoms with Crippen molar-refractivity contribution >= 4 is 23.2 Å². The fourth-order valence-corrected chi connectivity index (χ4v) is 1.66. The minimum Gasteiger partial charge on any atom is -0.494 e. The number of carbonyl (C=O) groups excluding carboxylic acids is 1. The van der Waals surface area contributed by atoms with Crippen LogP contribution in [0.2, 0.25) is 5.02 Å². The Labute approximate surface area is 122 Å². The van der Waals surface area contributed by atoms with Crippen molar-refractivity contribution in [3.63, 3.8) is 0 Å². The monoisotopic (exact) mass is 288 g/mol. The Bertz CT molecular complexity index is 607. The van der Waals surface area contributed by atoms with E-state index in [-0.39, 0.29) is 0 Å². The summed E-state index contributed by atoms with van der Waals surface area (Å²) in [5.74, 6) is 0.321. The van der Waals surface area contributed by atoms with Crippen LogP contribution in [0, 0.1) is 0 Å². The zero-order chi connectivity index (χ0) is 14.4. The lowest BCUT2D eigenvalue weighted by Crippen LogP contribution is -1.95. The van der Waals surface area contributed by atoms with Crippen molar-refractivity contribution in [2.24, 2.45) is 10.2 Å². The van der Waals surface area contributed by atoms with Crippen LogP contribution in [0.4, 0.5) is 5.69 Å². The van der Waals surface area contributed by atoms with Crippen LogP contribution < -0.4 is 4.74 Å². The SMILES string of the molecule is CCOc1ccc(C(=O)N=Nc2ccc(Cl)cc2)cc1. The van der Waals surface area contributed by atoms with Crippen molar-refractivity contribution in [3.05, 3.63) is 59.1 Å². The quantitative estimate of drug-likeness (QED) is 0.768. The molecule has 0 bridgehead atoms. The second-order valence-electron chi connectivity index (χ2n) is 3.94. The van der Waals surface area contributed by atoms with E-state index in [0.717, 1.165) is 5.75 Å². The third-order valence-electron chi connectivity index (χ3n) is 2.50. The standard InChI is InChI=1S/C15H13ClN2O2/c1-2-20-14-9-3-11(4-10-14)15(19)18-17-13-7-5-12(16)6-8-13/h3-10H,2H2,1H3. The number of ether oxygens (including phenoxy) is 1. The van der Waals surface area contributed by atoms with Gasteiger partial charge in [-0.2, -0.15) is 0 Å². The van der Waals surface area contributed by atoms with Crippen LogP contribution in [0.1, 0.15) is 17.3 Å². The van der Waals surface area contributed by atoms with E-state index in [0.29, 0.717) is 22.9 Å². The molecule has 0 unspecified atom stereocenters. The van der Waals surface area contributed by atoms with Crippen molar-refractivity contribution in [2.75, 3.05) is 6.61 Å². The number of amides is 1. The van der Waals surface area contributed by atoms with Crippen molar-refractivity contribution in [1.82, 2.24) is 0 Å². The summed E-state index contributed by atoms with van der Waals surface area (Å²) < 4.78 is 5.30. The van der Waals surface area contributed by atoms with Crippen LogP contribution in [0.5, 0.6) is 5.75 Å². The zero-order valence-electron chi connectivity index (χ0n) is 10.9. The lowest BCUT2D eigenvalue weighted by molar-refractivity contribution is 0.0995. The van der Waals surface area contributed by atoms with Crippen LogP contribution in [-0.4, -0.2) is 12.5 Å². The van der Waals surface area contributed by atoms with Gasteiger partial charge in [-0.1, -0.05) is 11.6 Å². The first-order valence-electron chi connectivity index (χ1n) is 6.13. The number of halogens is 1. The summed E-state index contributed by atoms with van der Waals surface area (Å²) >= 11 is 5.76. The molecule has 0 radical (unpaired) electrons. The fourth-order valence-electron chi connectivity index (χ4n) is 1.53. The summed E-state index contributed by atoms with van der Waals surface area (Å²) in [5, 5.41) is 8.15. The molecule has 0 heterocycles. The minimum absolute atomic E-state index is 0.400. The average Bonchev–Trinajstić information content (AvgIpc) is 2.47. The van der Waals surface area contributed by atoms with Gasteiger partial charge in [-0.15, -0.1) is 10.2 Å². The molecule has 0 aliphatic rings. The molecule has 2 rings (SSSR count). The number of carbonyl (C=O) groups is 1. The lowest BCUT2D eigenvalue weighted by atomic mass is 10.2. The normalized spacial score (nSPS) is 10.7. The molecule has 0 saturated heterocycles. The fraction of sp³-hybridized carbons (Fsp3) is 0.133. The summed E-state index contributed by atoms with van der Waals surface area (Å²) in [6.45, 7) is 2.49. The van der Waals surface area contributed by atoms with Gasteiger partial charge in [-0.05, 0) is 55.5 Å². The second kappa shape index (κ2) is 6.82. The summed E-state index contributed by atoms with van der Waals surface area (Å²) in [7, 11) is 0. The van der Waals surface area contributed by atoms with Gasteiger partial charge >= 0.3 is 0 Å². The molecule has 20 heavy (non-hydrogen) atoms. The number of rotatable bonds is 4. The van der Waals surface area contributed by atoms with E-state index in [4.69, 9.17) is 16.3 Å². The first kappa shape index (κ1) is 14.2. The highest BCUT2D eigenvalue weighted by Gasteiger charge is 2.04. The van der Waals surface area contributed by atoms with Gasteiger partial charge in [0.15, 0.2) is 0 Å². The Hall–Kier alpha value is -2.20. The molecule has 0 atom stereocenters. The Morgan fingerprint density at radius 2 is 1.75 bits per heavy atom. The molecule has 1 amide bonds. The Morgan fingerprint density at radius 3 is 2.35 bits per heavy atom. The van der Waals surface area contributed by atoms with Crippen LogP contribution in [0.3, 0.4) is 0 Å². The van der Waals surface area contributed by atoms with Crippen molar-refractivity contribution in [1.29, 1.82) is 0 Å². The molecule has 102 valence electrons. The molecule has 2 aromatic carbocycles. The largest absolute Gasteiger partial charge is 0.494 e. The maximum atomic E-state index is 11.8. The molecule has 0 N–H and O–H groups in total. The highest BCUT2D eigenvalue weighted by Crippen LogP contribution is 2.17. The van der Waals surface area contributed by atoms with E-state index in [9.17, 15) is 4.79 Å². The van der Waals surface area contributed by atoms with E-state index in [1.807, 2.05) is 6.92 Å². The second-order valence-corrected chi connectivity index (χ2v) is 4.38. The van der Waals surface area contributed by atoms with Gasteiger partial charge in [0.25, 0.3) is 5.91 Å². The third kappa shape index (κ3) is 3.90. The summed E-state index contributed by atoms with van der Waals surface area (Å²) in [6, 6.07) is 13.6. The first-order valence-corrected chi connectivity index (χ1v) is 6.51. The molecule has 5 heteroatoms. The molecule has 4 nitrogen and oxygen atoms in total. The minimum atomic E-state index is -0.400. The summed E-state index contributed by atoms with van der Waals surface area (Å²) in [6.07, 6.45) is 0. The molecule has 0 fully saturated rings. The van der Waals surface area contributed by atoms with Gasteiger partial charge in [-0.25, -0.2) is 0 Å². The van der Waals surface area contributed by atoms with E-state index >= 15 is 0 Å². The topological polar surface area (TPSA) is 51.0 Å². The van der Waals surface area contributed by atoms with Gasteiger partial charge in [-0.3, -0.25) is 4.79 Å². The molecule has 0 aliphatic carbocycles. The van der Waals surface area contributed by atoms with E-state index in [2.05, 4.69) is 10.2 Å². The maximum absolute atomic E-state index is 11.8. The molecule has 0 saturated carbocycles. The van der Waals surface area contributed by atoms with Gasteiger partial charge in [0, 0.05) is 10.6 Å². The number of benzene rings is 2. The van der Waals surface area contributed by atoms with Crippen LogP contribution in [0.15, 0.2) is 58.8 Å². The highest BCUT2D eigenvalue weighted by molar-refractivity contribution is 6.30. The average molecular weight is 289 g/mol. The van der Waals surface area contributed by atoms with E-state index in [1.54, 1.807) is 48.5 Å². The van der Waals surface area contributed by atoms with E-state index in [1.165, 1.54) is 0 Å². The maximum Gasteiger partial charge on any atom is 0.295 e. The first-order chi connectivity index (χ1) is 9.69. The van der Waals surface area contributed by atoms with Crippen molar-refractivity contribution in [2.45, 2.75) is 6.92 Å². The highest BCUT2D eigenvalue weighted by atomic mass is 35.5. The number of hydrogen-bond donors (Lipinski definition) is 0. The summed E-state index contributed by atoms with van der Waals surface area (Å²) in [4.78, 5) is 11.8. The van der Waals surface area contributed by atoms with Gasteiger partial charge in [0.1, 0.15) is 5.75 Å². The third-order valence-corrected chi connectivity index (χ3v) is 2.75. The molecular formula is C15H13ClN2O2. The predicted octanol–water partition coefficient (Wildman–Crippen LogP) is 4.66. The Balaban J connectivity index is 2.05. The van der Waals surface area contributed by atoms with Crippen LogP contribution >= 0.6 is 11.6 Å². The van der Waals surface area contributed by atoms with Gasteiger partial charge < -0.3 is 4.74 Å². The van der Waals surface area contributed by atoms with Gasteiger partial charge in [0.05, 0.1) is 12.3 Å². The lowest BCUT2D eigenvalue weighted by Gasteiger charge is -2.02. The van der Waals surface area contributed by atoms with Crippen molar-refractivity contribution in [3.8, 4) is 5.75 Å². The number of hydrogen-bond acceptors (Lipinski definition) is 3. The number of azo groups is 1. The van der Waals surface area contributed by atoms with Crippen molar-refractivity contribution < 1.29 is 9.53 Å². The molecular weight excluding hydrogens is 276 g/mol. The molecule has 0 spiro atoms. The van der Waals surface area contributed by atoms with E-state index < -0.39 is 5.91 Å². The van der Waals surface area contributed by atoms with Crippen LogP contribution in [-0.2, 0) is 0 Å².